The highest BCUT2D eigenvalue weighted by atomic mass is 16.2. The molecule has 1 fully saturated rings. The Bertz CT molecular complexity index is 272. The van der Waals surface area contributed by atoms with Crippen molar-refractivity contribution in [2.24, 2.45) is 11.0 Å². The van der Waals surface area contributed by atoms with E-state index in [1.165, 1.54) is 0 Å². The van der Waals surface area contributed by atoms with E-state index in [0.717, 1.165) is 19.6 Å². The molecule has 1 unspecified atom stereocenters. The topological polar surface area (TPSA) is 72.3 Å². The molecule has 0 aromatic carbocycles. The second-order valence-corrected chi connectivity index (χ2v) is 4.13. The van der Waals surface area contributed by atoms with Crippen molar-refractivity contribution in [2.75, 3.05) is 40.3 Å². The van der Waals surface area contributed by atoms with E-state index in [2.05, 4.69) is 10.0 Å². The van der Waals surface area contributed by atoms with Crippen LogP contribution in [-0.2, 0) is 4.79 Å². The van der Waals surface area contributed by atoms with Gasteiger partial charge in [-0.25, -0.2) is 0 Å². The largest absolute Gasteiger partial charge is 0.341 e. The maximum atomic E-state index is 11.5. The van der Waals surface area contributed by atoms with Crippen molar-refractivity contribution in [1.82, 2.24) is 9.80 Å². The van der Waals surface area contributed by atoms with Crippen LogP contribution in [0.15, 0.2) is 5.11 Å². The zero-order valence-electron chi connectivity index (χ0n) is 9.26. The number of azide groups is 1. The number of carbonyl (C=O) groups is 1. The summed E-state index contributed by atoms with van der Waals surface area (Å²) in [6.07, 6.45) is 0.520. The predicted molar refractivity (Wildman–Crippen MR) is 57.3 cm³/mol. The van der Waals surface area contributed by atoms with E-state index in [1.54, 1.807) is 0 Å². The van der Waals surface area contributed by atoms with Crippen molar-refractivity contribution in [3.63, 3.8) is 0 Å². The third kappa shape index (κ3) is 3.77. The van der Waals surface area contributed by atoms with Crippen molar-refractivity contribution < 1.29 is 4.79 Å². The van der Waals surface area contributed by atoms with Crippen LogP contribution in [0.4, 0.5) is 0 Å². The van der Waals surface area contributed by atoms with E-state index in [0.29, 0.717) is 13.0 Å². The van der Waals surface area contributed by atoms with E-state index in [1.807, 2.05) is 23.9 Å². The van der Waals surface area contributed by atoms with Gasteiger partial charge in [0.15, 0.2) is 0 Å². The van der Waals surface area contributed by atoms with Gasteiger partial charge >= 0.3 is 0 Å². The Hall–Kier alpha value is -1.26. The first-order valence-electron chi connectivity index (χ1n) is 5.07. The van der Waals surface area contributed by atoms with Crippen molar-refractivity contribution in [2.45, 2.75) is 6.42 Å². The molecule has 0 aliphatic carbocycles. The molecule has 1 aliphatic rings. The molecule has 1 heterocycles. The number of rotatable bonds is 5. The Morgan fingerprint density at radius 2 is 2.40 bits per heavy atom. The molecule has 0 spiro atoms. The third-order valence-electron chi connectivity index (χ3n) is 2.51. The van der Waals surface area contributed by atoms with Crippen LogP contribution in [0.3, 0.4) is 0 Å². The minimum Gasteiger partial charge on any atom is -0.341 e. The van der Waals surface area contributed by atoms with E-state index in [4.69, 9.17) is 5.53 Å². The summed E-state index contributed by atoms with van der Waals surface area (Å²) < 4.78 is 0. The highest BCUT2D eigenvalue weighted by Gasteiger charge is 2.28. The standard InChI is InChI=1S/C9H17N5O/c1-13(2)3-4-14-7-8(5-9(14)15)6-11-12-10/h8H,3-7H2,1-2H3. The first-order valence-corrected chi connectivity index (χ1v) is 5.07. The average Bonchev–Trinajstić information content (AvgIpc) is 2.53. The molecule has 6 heteroatoms. The van der Waals surface area contributed by atoms with Gasteiger partial charge in [-0.2, -0.15) is 0 Å². The summed E-state index contributed by atoms with van der Waals surface area (Å²) in [4.78, 5) is 18.1. The first-order chi connectivity index (χ1) is 7.13. The van der Waals surface area contributed by atoms with Crippen LogP contribution in [0, 0.1) is 5.92 Å². The molecular weight excluding hydrogens is 194 g/mol. The highest BCUT2D eigenvalue weighted by molar-refractivity contribution is 5.78. The summed E-state index contributed by atoms with van der Waals surface area (Å²) in [5.41, 5.74) is 8.19. The monoisotopic (exact) mass is 211 g/mol. The molecule has 0 radical (unpaired) electrons. The summed E-state index contributed by atoms with van der Waals surface area (Å²) in [5.74, 6) is 0.380. The molecule has 1 amide bonds. The third-order valence-corrected chi connectivity index (χ3v) is 2.51. The SMILES string of the molecule is CN(C)CCN1CC(CN=[N+]=[N-])CC1=O. The molecule has 0 aromatic rings. The van der Waals surface area contributed by atoms with Gasteiger partial charge in [-0.05, 0) is 25.5 Å². The fourth-order valence-electron chi connectivity index (χ4n) is 1.67. The van der Waals surface area contributed by atoms with Gasteiger partial charge < -0.3 is 9.80 Å². The number of carbonyl (C=O) groups excluding carboxylic acids is 1. The number of hydrogen-bond donors (Lipinski definition) is 0. The van der Waals surface area contributed by atoms with Crippen molar-refractivity contribution in [3.8, 4) is 0 Å². The quantitative estimate of drug-likeness (QED) is 0.381. The van der Waals surface area contributed by atoms with Crippen LogP contribution in [0.5, 0.6) is 0 Å². The Kier molecular flexibility index (Phi) is 4.39. The lowest BCUT2D eigenvalue weighted by molar-refractivity contribution is -0.127. The summed E-state index contributed by atoms with van der Waals surface area (Å²) in [6.45, 7) is 2.80. The summed E-state index contributed by atoms with van der Waals surface area (Å²) in [7, 11) is 3.97. The lowest BCUT2D eigenvalue weighted by Crippen LogP contribution is -2.32. The van der Waals surface area contributed by atoms with Gasteiger partial charge in [0, 0.05) is 37.5 Å². The maximum Gasteiger partial charge on any atom is 0.222 e. The number of hydrogen-bond acceptors (Lipinski definition) is 3. The number of likely N-dealkylation sites (N-methyl/N-ethyl adjacent to an activating group) is 1. The van der Waals surface area contributed by atoms with E-state index in [-0.39, 0.29) is 11.8 Å². The van der Waals surface area contributed by atoms with Gasteiger partial charge in [0.25, 0.3) is 0 Å². The average molecular weight is 211 g/mol. The second-order valence-electron chi connectivity index (χ2n) is 4.13. The molecule has 1 saturated heterocycles. The van der Waals surface area contributed by atoms with Gasteiger partial charge in [-0.3, -0.25) is 4.79 Å². The van der Waals surface area contributed by atoms with Crippen molar-refractivity contribution >= 4 is 5.91 Å². The minimum absolute atomic E-state index is 0.176. The van der Waals surface area contributed by atoms with Crippen LogP contribution in [0.1, 0.15) is 6.42 Å². The van der Waals surface area contributed by atoms with Gasteiger partial charge in [-0.15, -0.1) is 0 Å². The van der Waals surface area contributed by atoms with Crippen molar-refractivity contribution in [3.05, 3.63) is 10.4 Å². The molecule has 15 heavy (non-hydrogen) atoms. The zero-order valence-corrected chi connectivity index (χ0v) is 9.26. The lowest BCUT2D eigenvalue weighted by atomic mass is 10.1. The summed E-state index contributed by atoms with van der Waals surface area (Å²) in [5, 5.41) is 3.51. The van der Waals surface area contributed by atoms with Crippen LogP contribution in [0.25, 0.3) is 10.4 Å². The summed E-state index contributed by atoms with van der Waals surface area (Å²) in [6, 6.07) is 0. The first kappa shape index (κ1) is 11.8. The fourth-order valence-corrected chi connectivity index (χ4v) is 1.67. The molecular formula is C9H17N5O. The molecule has 84 valence electrons. The number of likely N-dealkylation sites (tertiary alicyclic amines) is 1. The molecule has 0 bridgehead atoms. The van der Waals surface area contributed by atoms with E-state index < -0.39 is 0 Å². The molecule has 6 nitrogen and oxygen atoms in total. The van der Waals surface area contributed by atoms with Gasteiger partial charge in [0.05, 0.1) is 0 Å². The Morgan fingerprint density at radius 3 is 3.00 bits per heavy atom. The molecule has 1 rings (SSSR count). The van der Waals surface area contributed by atoms with Crippen LogP contribution in [0.2, 0.25) is 0 Å². The molecule has 1 atom stereocenters. The van der Waals surface area contributed by atoms with Crippen LogP contribution in [-0.4, -0.2) is 56.0 Å². The van der Waals surface area contributed by atoms with Gasteiger partial charge in [0.1, 0.15) is 0 Å². The summed E-state index contributed by atoms with van der Waals surface area (Å²) >= 11 is 0. The molecule has 0 aromatic heterocycles. The minimum atomic E-state index is 0.176. The van der Waals surface area contributed by atoms with Crippen LogP contribution >= 0.6 is 0 Å². The highest BCUT2D eigenvalue weighted by Crippen LogP contribution is 2.17. The fraction of sp³-hybridized carbons (Fsp3) is 0.889. The Morgan fingerprint density at radius 1 is 1.67 bits per heavy atom. The van der Waals surface area contributed by atoms with E-state index >= 15 is 0 Å². The maximum absolute atomic E-state index is 11.5. The zero-order chi connectivity index (χ0) is 11.3. The van der Waals surface area contributed by atoms with Crippen molar-refractivity contribution in [1.29, 1.82) is 0 Å². The smallest absolute Gasteiger partial charge is 0.222 e. The van der Waals surface area contributed by atoms with E-state index in [9.17, 15) is 4.79 Å². The van der Waals surface area contributed by atoms with Gasteiger partial charge in [-0.1, -0.05) is 5.11 Å². The molecule has 0 N–H and O–H groups in total. The number of amides is 1. The predicted octanol–water partition coefficient (Wildman–Crippen LogP) is 0.707. The normalized spacial score (nSPS) is 20.9. The molecule has 1 aliphatic heterocycles. The molecule has 0 saturated carbocycles. The lowest BCUT2D eigenvalue weighted by Gasteiger charge is -2.18. The van der Waals surface area contributed by atoms with Gasteiger partial charge in [0.2, 0.25) is 5.91 Å². The second kappa shape index (κ2) is 5.58. The number of nitrogens with zero attached hydrogens (tertiary/aromatic N) is 5. The Labute approximate surface area is 89.5 Å². The van der Waals surface area contributed by atoms with Crippen LogP contribution < -0.4 is 0 Å². The Balaban J connectivity index is 2.35.